The van der Waals surface area contributed by atoms with Crippen LogP contribution in [-0.2, 0) is 42.9 Å². The number of alkyl halides is 1. The highest BCUT2D eigenvalue weighted by molar-refractivity contribution is 5.68. The zero-order valence-corrected chi connectivity index (χ0v) is 13.6. The van der Waals surface area contributed by atoms with Crippen molar-refractivity contribution in [3.63, 3.8) is 0 Å². The molecule has 0 spiro atoms. The van der Waals surface area contributed by atoms with Gasteiger partial charge in [0.1, 0.15) is 12.7 Å². The van der Waals surface area contributed by atoms with Gasteiger partial charge in [-0.15, -0.1) is 0 Å². The fraction of sp³-hybridized carbons (Fsp3) is 0.714. The summed E-state index contributed by atoms with van der Waals surface area (Å²) in [6, 6.07) is 0. The number of carbonyl (C=O) groups is 4. The molecule has 1 fully saturated rings. The largest absolute Gasteiger partial charge is 0.463 e. The van der Waals surface area contributed by atoms with E-state index in [-0.39, 0.29) is 0 Å². The zero-order chi connectivity index (χ0) is 18.4. The molecule has 0 aliphatic carbocycles. The number of halogens is 1. The van der Waals surface area contributed by atoms with E-state index in [2.05, 4.69) is 4.74 Å². The van der Waals surface area contributed by atoms with Crippen LogP contribution in [0.1, 0.15) is 27.7 Å². The second-order valence-electron chi connectivity index (χ2n) is 5.05. The van der Waals surface area contributed by atoms with Crippen molar-refractivity contribution >= 4 is 23.9 Å². The molecule has 1 aliphatic heterocycles. The van der Waals surface area contributed by atoms with Crippen LogP contribution in [0.3, 0.4) is 0 Å². The maximum atomic E-state index is 14.6. The van der Waals surface area contributed by atoms with Crippen LogP contribution in [0.4, 0.5) is 4.39 Å². The molecule has 24 heavy (non-hydrogen) atoms. The Balaban J connectivity index is 3.07. The highest BCUT2D eigenvalue weighted by Crippen LogP contribution is 2.29. The van der Waals surface area contributed by atoms with Gasteiger partial charge in [-0.3, -0.25) is 19.2 Å². The van der Waals surface area contributed by atoms with Crippen LogP contribution in [0.5, 0.6) is 0 Å². The summed E-state index contributed by atoms with van der Waals surface area (Å²) in [5.41, 5.74) is 0. The Morgan fingerprint density at radius 3 is 1.79 bits per heavy atom. The zero-order valence-electron chi connectivity index (χ0n) is 13.6. The molecule has 1 rings (SSSR count). The van der Waals surface area contributed by atoms with Crippen LogP contribution in [0.15, 0.2) is 0 Å². The quantitative estimate of drug-likeness (QED) is 0.500. The summed E-state index contributed by atoms with van der Waals surface area (Å²) in [6.45, 7) is 3.77. The molecule has 0 radical (unpaired) electrons. The number of rotatable bonds is 5. The molecular weight excluding hydrogens is 331 g/mol. The van der Waals surface area contributed by atoms with Crippen molar-refractivity contribution in [2.75, 3.05) is 6.61 Å². The summed E-state index contributed by atoms with van der Waals surface area (Å²) in [5.74, 6) is -3.12. The van der Waals surface area contributed by atoms with Gasteiger partial charge in [-0.05, 0) is 0 Å². The van der Waals surface area contributed by atoms with E-state index in [1.807, 2.05) is 0 Å². The van der Waals surface area contributed by atoms with Gasteiger partial charge in [0.25, 0.3) is 0 Å². The van der Waals surface area contributed by atoms with E-state index < -0.39 is 61.3 Å². The summed E-state index contributed by atoms with van der Waals surface area (Å²) in [6.07, 6.45) is -7.98. The van der Waals surface area contributed by atoms with Gasteiger partial charge in [0, 0.05) is 27.7 Å². The summed E-state index contributed by atoms with van der Waals surface area (Å²) in [7, 11) is 0. The Labute approximate surface area is 137 Å². The Hall–Kier alpha value is -2.23. The Kier molecular flexibility index (Phi) is 7.08. The highest BCUT2D eigenvalue weighted by atomic mass is 19.1. The molecule has 0 aromatic carbocycles. The van der Waals surface area contributed by atoms with Crippen LogP contribution in [0.25, 0.3) is 0 Å². The van der Waals surface area contributed by atoms with Gasteiger partial charge in [-0.1, -0.05) is 0 Å². The van der Waals surface area contributed by atoms with Crippen LogP contribution in [0.2, 0.25) is 0 Å². The minimum atomic E-state index is -1.98. The van der Waals surface area contributed by atoms with Crippen molar-refractivity contribution < 1.29 is 47.3 Å². The molecule has 9 nitrogen and oxygen atoms in total. The summed E-state index contributed by atoms with van der Waals surface area (Å²) in [5, 5.41) is 0. The van der Waals surface area contributed by atoms with E-state index in [1.54, 1.807) is 0 Å². The second kappa shape index (κ2) is 8.57. The lowest BCUT2D eigenvalue weighted by atomic mass is 10.00. The Bertz CT molecular complexity index is 506. The molecule has 0 aromatic rings. The maximum Gasteiger partial charge on any atom is 0.305 e. The molecule has 136 valence electrons. The summed E-state index contributed by atoms with van der Waals surface area (Å²) < 4.78 is 39.1. The first-order valence-corrected chi connectivity index (χ1v) is 7.06. The third kappa shape index (κ3) is 5.76. The lowest BCUT2D eigenvalue weighted by Gasteiger charge is -2.41. The fourth-order valence-electron chi connectivity index (χ4n) is 2.10. The van der Waals surface area contributed by atoms with Gasteiger partial charge in [-0.2, -0.15) is 0 Å². The predicted molar refractivity (Wildman–Crippen MR) is 73.1 cm³/mol. The number of hydrogen-bond acceptors (Lipinski definition) is 9. The number of esters is 4. The third-order valence-electron chi connectivity index (χ3n) is 2.91. The maximum absolute atomic E-state index is 14.6. The standard InChI is InChI=1S/C14H19FO9/c1-6(16)20-5-10-11(15)12(21-7(2)17)13(22-8(3)18)14(24-10)23-9(4)19/h10-14H,5H2,1-4H3/t10-,11+,12+,13-,14+/m1/s1. The van der Waals surface area contributed by atoms with Crippen molar-refractivity contribution in [2.24, 2.45) is 0 Å². The van der Waals surface area contributed by atoms with E-state index in [4.69, 9.17) is 18.9 Å². The van der Waals surface area contributed by atoms with E-state index in [1.165, 1.54) is 0 Å². The second-order valence-corrected chi connectivity index (χ2v) is 5.05. The van der Waals surface area contributed by atoms with E-state index in [0.29, 0.717) is 0 Å². The lowest BCUT2D eigenvalue weighted by Crippen LogP contribution is -2.60. The topological polar surface area (TPSA) is 114 Å². The predicted octanol–water partition coefficient (Wildman–Crippen LogP) is 0.0390. The first-order valence-electron chi connectivity index (χ1n) is 7.06. The van der Waals surface area contributed by atoms with Gasteiger partial charge in [0.05, 0.1) is 0 Å². The van der Waals surface area contributed by atoms with Gasteiger partial charge < -0.3 is 23.7 Å². The van der Waals surface area contributed by atoms with Crippen molar-refractivity contribution in [3.8, 4) is 0 Å². The van der Waals surface area contributed by atoms with Crippen molar-refractivity contribution in [3.05, 3.63) is 0 Å². The number of carbonyl (C=O) groups excluding carboxylic acids is 4. The fourth-order valence-corrected chi connectivity index (χ4v) is 2.10. The van der Waals surface area contributed by atoms with Gasteiger partial charge in [0.15, 0.2) is 12.3 Å². The summed E-state index contributed by atoms with van der Waals surface area (Å²) in [4.78, 5) is 44.5. The monoisotopic (exact) mass is 350 g/mol. The minimum Gasteiger partial charge on any atom is -0.463 e. The Morgan fingerprint density at radius 2 is 1.33 bits per heavy atom. The van der Waals surface area contributed by atoms with Gasteiger partial charge >= 0.3 is 23.9 Å². The van der Waals surface area contributed by atoms with Crippen LogP contribution < -0.4 is 0 Å². The van der Waals surface area contributed by atoms with Gasteiger partial charge in [-0.25, -0.2) is 4.39 Å². The molecule has 0 aromatic heterocycles. The first kappa shape index (κ1) is 19.8. The van der Waals surface area contributed by atoms with E-state index >= 15 is 0 Å². The lowest BCUT2D eigenvalue weighted by molar-refractivity contribution is -0.288. The molecule has 0 N–H and O–H groups in total. The Morgan fingerprint density at radius 1 is 0.833 bits per heavy atom. The van der Waals surface area contributed by atoms with Crippen molar-refractivity contribution in [2.45, 2.75) is 58.5 Å². The molecule has 0 bridgehead atoms. The SMILES string of the molecule is CC(=O)OC[C@H]1O[C@H](OC(C)=O)[C@H](OC(C)=O)[C@@H](OC(C)=O)[C@H]1F. The molecule has 1 saturated heterocycles. The average Bonchev–Trinajstić information content (AvgIpc) is 2.42. The third-order valence-corrected chi connectivity index (χ3v) is 2.91. The van der Waals surface area contributed by atoms with Gasteiger partial charge in [0.2, 0.25) is 12.4 Å². The number of ether oxygens (including phenoxy) is 5. The molecule has 1 aliphatic rings. The minimum absolute atomic E-state index is 0.501. The van der Waals surface area contributed by atoms with E-state index in [9.17, 15) is 23.6 Å². The summed E-state index contributed by atoms with van der Waals surface area (Å²) >= 11 is 0. The molecule has 0 saturated carbocycles. The molecule has 10 heteroatoms. The average molecular weight is 350 g/mol. The smallest absolute Gasteiger partial charge is 0.305 e. The molecule has 0 amide bonds. The molecule has 1 heterocycles. The van der Waals surface area contributed by atoms with Crippen LogP contribution >= 0.6 is 0 Å². The first-order chi connectivity index (χ1) is 11.1. The van der Waals surface area contributed by atoms with E-state index in [0.717, 1.165) is 27.7 Å². The molecule has 0 unspecified atom stereocenters. The van der Waals surface area contributed by atoms with Crippen molar-refractivity contribution in [1.29, 1.82) is 0 Å². The normalized spacial score (nSPS) is 29.3. The van der Waals surface area contributed by atoms with Crippen LogP contribution in [0, 0.1) is 0 Å². The highest BCUT2D eigenvalue weighted by Gasteiger charge is 2.52. The van der Waals surface area contributed by atoms with Crippen molar-refractivity contribution in [1.82, 2.24) is 0 Å². The number of hydrogen-bond donors (Lipinski definition) is 0. The molecular formula is C14H19FO9. The van der Waals surface area contributed by atoms with Crippen LogP contribution in [-0.4, -0.2) is 61.3 Å². The molecule has 5 atom stereocenters.